The molecular weight excluding hydrogens is 297 g/mol. The summed E-state index contributed by atoms with van der Waals surface area (Å²) in [6.07, 6.45) is 2.65. The molecule has 0 heterocycles. The Labute approximate surface area is 127 Å². The standard InChI is InChI=1S/C17H21P3/c18-13-11-16(19)17(12-13)20(14-7-3-1-4-8-14)15-9-5-2-6-10-15/h1-10,13,16-17H,11-12,18-19H2/t13?,16-,17-/m1/s1. The quantitative estimate of drug-likeness (QED) is 0.756. The summed E-state index contributed by atoms with van der Waals surface area (Å²) in [5, 5.41) is 3.04. The van der Waals surface area contributed by atoms with Crippen molar-refractivity contribution in [3.63, 3.8) is 0 Å². The van der Waals surface area contributed by atoms with E-state index >= 15 is 0 Å². The molecule has 0 bridgehead atoms. The van der Waals surface area contributed by atoms with Gasteiger partial charge in [0.05, 0.1) is 0 Å². The van der Waals surface area contributed by atoms with Gasteiger partial charge in [-0.2, -0.15) is 0 Å². The van der Waals surface area contributed by atoms with Gasteiger partial charge in [0.1, 0.15) is 0 Å². The molecule has 1 saturated carbocycles. The predicted octanol–water partition coefficient (Wildman–Crippen LogP) is 3.77. The molecule has 0 spiro atoms. The van der Waals surface area contributed by atoms with Gasteiger partial charge >= 0.3 is 0 Å². The third-order valence-corrected chi connectivity index (χ3v) is 8.58. The highest BCUT2D eigenvalue weighted by molar-refractivity contribution is 7.74. The average molecular weight is 318 g/mol. The minimum absolute atomic E-state index is 0.252. The second kappa shape index (κ2) is 6.66. The molecule has 0 radical (unpaired) electrons. The van der Waals surface area contributed by atoms with Crippen LogP contribution < -0.4 is 10.6 Å². The molecule has 2 aromatic carbocycles. The van der Waals surface area contributed by atoms with Crippen LogP contribution in [0.15, 0.2) is 60.7 Å². The van der Waals surface area contributed by atoms with Gasteiger partial charge in [-0.25, -0.2) is 0 Å². The van der Waals surface area contributed by atoms with Crippen LogP contribution in [0.2, 0.25) is 0 Å². The second-order valence-corrected chi connectivity index (χ2v) is 9.74. The monoisotopic (exact) mass is 318 g/mol. The topological polar surface area (TPSA) is 0 Å². The lowest BCUT2D eigenvalue weighted by atomic mass is 10.3. The highest BCUT2D eigenvalue weighted by atomic mass is 31.1. The van der Waals surface area contributed by atoms with Crippen LogP contribution in [0.25, 0.3) is 0 Å². The van der Waals surface area contributed by atoms with Crippen LogP contribution in [0.1, 0.15) is 12.8 Å². The van der Waals surface area contributed by atoms with Crippen molar-refractivity contribution in [2.45, 2.75) is 29.8 Å². The largest absolute Gasteiger partial charge is 0.134 e. The molecule has 3 unspecified atom stereocenters. The van der Waals surface area contributed by atoms with E-state index in [4.69, 9.17) is 0 Å². The lowest BCUT2D eigenvalue weighted by Crippen LogP contribution is -2.24. The Morgan fingerprint density at radius 2 is 1.25 bits per heavy atom. The van der Waals surface area contributed by atoms with Crippen LogP contribution in [0.3, 0.4) is 0 Å². The van der Waals surface area contributed by atoms with Crippen LogP contribution in [0.5, 0.6) is 0 Å². The summed E-state index contributed by atoms with van der Waals surface area (Å²) in [4.78, 5) is 0. The molecule has 1 aliphatic carbocycles. The fourth-order valence-corrected chi connectivity index (χ4v) is 8.30. The smallest absolute Gasteiger partial charge is 0.00598 e. The van der Waals surface area contributed by atoms with Gasteiger partial charge in [-0.15, -0.1) is 18.5 Å². The first-order chi connectivity index (χ1) is 9.75. The number of hydrogen-bond acceptors (Lipinski definition) is 0. The molecule has 3 heteroatoms. The zero-order valence-electron chi connectivity index (χ0n) is 11.5. The summed E-state index contributed by atoms with van der Waals surface area (Å²) in [7, 11) is 5.89. The maximum absolute atomic E-state index is 3.11. The molecule has 1 aliphatic rings. The lowest BCUT2D eigenvalue weighted by molar-refractivity contribution is 0.913. The van der Waals surface area contributed by atoms with Crippen LogP contribution in [0.4, 0.5) is 0 Å². The Balaban J connectivity index is 2.00. The zero-order chi connectivity index (χ0) is 13.9. The van der Waals surface area contributed by atoms with Crippen molar-refractivity contribution in [3.05, 3.63) is 60.7 Å². The Hall–Kier alpha value is -0.270. The number of benzene rings is 2. The number of rotatable bonds is 3. The predicted molar refractivity (Wildman–Crippen MR) is 99.1 cm³/mol. The van der Waals surface area contributed by atoms with Crippen LogP contribution in [0, 0.1) is 0 Å². The minimum atomic E-state index is -0.252. The third-order valence-electron chi connectivity index (χ3n) is 4.01. The summed E-state index contributed by atoms with van der Waals surface area (Å²) in [6, 6.07) is 22.2. The molecular formula is C17H21P3. The van der Waals surface area contributed by atoms with Crippen molar-refractivity contribution >= 4 is 37.0 Å². The SMILES string of the molecule is PC1C[C@@H](P)[C@H](P(c2ccccc2)c2ccccc2)C1. The fourth-order valence-electron chi connectivity index (χ4n) is 3.09. The van der Waals surface area contributed by atoms with Gasteiger partial charge in [-0.05, 0) is 48.3 Å². The molecule has 1 fully saturated rings. The van der Waals surface area contributed by atoms with E-state index in [-0.39, 0.29) is 7.92 Å². The zero-order valence-corrected chi connectivity index (χ0v) is 14.7. The van der Waals surface area contributed by atoms with Gasteiger partial charge in [0.25, 0.3) is 0 Å². The van der Waals surface area contributed by atoms with Gasteiger partial charge in [-0.3, -0.25) is 0 Å². The molecule has 0 aliphatic heterocycles. The molecule has 0 nitrogen and oxygen atoms in total. The molecule has 3 rings (SSSR count). The van der Waals surface area contributed by atoms with Crippen molar-refractivity contribution in [1.82, 2.24) is 0 Å². The second-order valence-electron chi connectivity index (χ2n) is 5.50. The van der Waals surface area contributed by atoms with E-state index in [9.17, 15) is 0 Å². The van der Waals surface area contributed by atoms with E-state index in [1.165, 1.54) is 23.5 Å². The highest BCUT2D eigenvalue weighted by Gasteiger charge is 2.36. The van der Waals surface area contributed by atoms with Crippen molar-refractivity contribution in [2.24, 2.45) is 0 Å². The van der Waals surface area contributed by atoms with E-state index in [2.05, 4.69) is 79.1 Å². The van der Waals surface area contributed by atoms with Crippen molar-refractivity contribution < 1.29 is 0 Å². The molecule has 104 valence electrons. The summed E-state index contributed by atoms with van der Waals surface area (Å²) in [5.74, 6) is 0. The van der Waals surface area contributed by atoms with Crippen LogP contribution in [-0.2, 0) is 0 Å². The first kappa shape index (κ1) is 14.7. The molecule has 0 saturated heterocycles. The third kappa shape index (κ3) is 3.14. The maximum atomic E-state index is 3.11. The van der Waals surface area contributed by atoms with Gasteiger partial charge in [0.2, 0.25) is 0 Å². The van der Waals surface area contributed by atoms with Gasteiger partial charge in [-0.1, -0.05) is 60.7 Å². The highest BCUT2D eigenvalue weighted by Crippen LogP contribution is 2.51. The van der Waals surface area contributed by atoms with Crippen LogP contribution in [-0.4, -0.2) is 17.0 Å². The van der Waals surface area contributed by atoms with Crippen molar-refractivity contribution in [3.8, 4) is 0 Å². The fraction of sp³-hybridized carbons (Fsp3) is 0.294. The Morgan fingerprint density at radius 1 is 0.750 bits per heavy atom. The molecule has 5 atom stereocenters. The average Bonchev–Trinajstić information content (AvgIpc) is 2.80. The Morgan fingerprint density at radius 3 is 1.65 bits per heavy atom. The van der Waals surface area contributed by atoms with Gasteiger partial charge < -0.3 is 0 Å². The van der Waals surface area contributed by atoms with E-state index in [0.717, 1.165) is 17.0 Å². The molecule has 0 N–H and O–H groups in total. The summed E-state index contributed by atoms with van der Waals surface area (Å²) < 4.78 is 0. The first-order valence-corrected chi connectivity index (χ1v) is 9.90. The van der Waals surface area contributed by atoms with E-state index < -0.39 is 0 Å². The van der Waals surface area contributed by atoms with Crippen molar-refractivity contribution in [2.75, 3.05) is 0 Å². The summed E-state index contributed by atoms with van der Waals surface area (Å²) in [5.41, 5.74) is 2.30. The normalized spacial score (nSPS) is 26.1. The molecule has 0 aromatic heterocycles. The summed E-state index contributed by atoms with van der Waals surface area (Å²) in [6.45, 7) is 0. The van der Waals surface area contributed by atoms with Gasteiger partial charge in [0, 0.05) is 0 Å². The lowest BCUT2D eigenvalue weighted by Gasteiger charge is -2.28. The van der Waals surface area contributed by atoms with Gasteiger partial charge in [0.15, 0.2) is 0 Å². The molecule has 2 aromatic rings. The first-order valence-electron chi connectivity index (χ1n) is 7.16. The minimum Gasteiger partial charge on any atom is -0.134 e. The van der Waals surface area contributed by atoms with Crippen molar-refractivity contribution in [1.29, 1.82) is 0 Å². The Bertz CT molecular complexity index is 501. The van der Waals surface area contributed by atoms with Crippen LogP contribution >= 0.6 is 26.4 Å². The Kier molecular flexibility index (Phi) is 4.88. The van der Waals surface area contributed by atoms with E-state index in [1.54, 1.807) is 0 Å². The molecule has 0 amide bonds. The number of hydrogen-bond donors (Lipinski definition) is 0. The molecule has 20 heavy (non-hydrogen) atoms. The van der Waals surface area contributed by atoms with E-state index in [1.807, 2.05) is 0 Å². The maximum Gasteiger partial charge on any atom is -0.00598 e. The summed E-state index contributed by atoms with van der Waals surface area (Å²) >= 11 is 0. The van der Waals surface area contributed by atoms with E-state index in [0.29, 0.717) is 0 Å².